The standard InChI is InChI=1S/C7H5N3OS/c11-6-3-1-2-5(9-6)7-10-8-4-12-7/h1-4H,(H,9,11). The Hall–Kier alpha value is -1.49. The SMILES string of the molecule is O=c1cccc(-c2nncs2)[nH]1. The molecule has 4 nitrogen and oxygen atoms in total. The van der Waals surface area contributed by atoms with Gasteiger partial charge in [-0.15, -0.1) is 10.2 Å². The van der Waals surface area contributed by atoms with Gasteiger partial charge in [-0.2, -0.15) is 0 Å². The number of nitrogens with one attached hydrogen (secondary N) is 1. The predicted molar refractivity (Wildman–Crippen MR) is 46.0 cm³/mol. The fraction of sp³-hybridized carbons (Fsp3) is 0. The number of rotatable bonds is 1. The van der Waals surface area contributed by atoms with Crippen molar-refractivity contribution in [2.24, 2.45) is 0 Å². The van der Waals surface area contributed by atoms with Gasteiger partial charge in [0, 0.05) is 6.07 Å². The van der Waals surface area contributed by atoms with E-state index < -0.39 is 0 Å². The van der Waals surface area contributed by atoms with E-state index in [2.05, 4.69) is 15.2 Å². The summed E-state index contributed by atoms with van der Waals surface area (Å²) in [4.78, 5) is 13.5. The van der Waals surface area contributed by atoms with Crippen molar-refractivity contribution in [3.63, 3.8) is 0 Å². The summed E-state index contributed by atoms with van der Waals surface area (Å²) >= 11 is 1.39. The Morgan fingerprint density at radius 2 is 2.33 bits per heavy atom. The third kappa shape index (κ3) is 1.26. The van der Waals surface area contributed by atoms with Crippen molar-refractivity contribution >= 4 is 11.3 Å². The molecule has 5 heteroatoms. The van der Waals surface area contributed by atoms with Crippen LogP contribution in [0.25, 0.3) is 10.7 Å². The summed E-state index contributed by atoms with van der Waals surface area (Å²) in [5, 5.41) is 8.23. The molecule has 60 valence electrons. The van der Waals surface area contributed by atoms with Crippen LogP contribution in [-0.2, 0) is 0 Å². The highest BCUT2D eigenvalue weighted by Crippen LogP contribution is 2.15. The van der Waals surface area contributed by atoms with E-state index in [9.17, 15) is 4.79 Å². The number of hydrogen-bond donors (Lipinski definition) is 1. The van der Waals surface area contributed by atoms with E-state index in [0.717, 1.165) is 5.01 Å². The first-order chi connectivity index (χ1) is 5.86. The van der Waals surface area contributed by atoms with Crippen LogP contribution in [0.3, 0.4) is 0 Å². The molecule has 0 unspecified atom stereocenters. The van der Waals surface area contributed by atoms with Crippen LogP contribution in [0.4, 0.5) is 0 Å². The summed E-state index contributed by atoms with van der Waals surface area (Å²) in [5.41, 5.74) is 2.22. The van der Waals surface area contributed by atoms with E-state index in [1.807, 2.05) is 0 Å². The van der Waals surface area contributed by atoms with Crippen molar-refractivity contribution in [3.05, 3.63) is 34.1 Å². The van der Waals surface area contributed by atoms with Crippen molar-refractivity contribution < 1.29 is 0 Å². The highest BCUT2D eigenvalue weighted by atomic mass is 32.1. The van der Waals surface area contributed by atoms with Gasteiger partial charge in [-0.05, 0) is 6.07 Å². The van der Waals surface area contributed by atoms with Crippen LogP contribution in [-0.4, -0.2) is 15.2 Å². The molecule has 2 rings (SSSR count). The lowest BCUT2D eigenvalue weighted by atomic mass is 10.4. The number of hydrogen-bond acceptors (Lipinski definition) is 4. The van der Waals surface area contributed by atoms with Gasteiger partial charge < -0.3 is 4.98 Å². The van der Waals surface area contributed by atoms with Crippen molar-refractivity contribution in [1.82, 2.24) is 15.2 Å². The minimum absolute atomic E-state index is 0.122. The maximum Gasteiger partial charge on any atom is 0.248 e. The van der Waals surface area contributed by atoms with Gasteiger partial charge in [0.25, 0.3) is 0 Å². The van der Waals surface area contributed by atoms with Gasteiger partial charge in [-0.25, -0.2) is 0 Å². The molecular formula is C7H5N3OS. The fourth-order valence-corrected chi connectivity index (χ4v) is 1.40. The molecular weight excluding hydrogens is 174 g/mol. The summed E-state index contributed by atoms with van der Waals surface area (Å²) in [6.07, 6.45) is 0. The second-order valence-electron chi connectivity index (χ2n) is 2.17. The van der Waals surface area contributed by atoms with Crippen LogP contribution < -0.4 is 5.56 Å². The molecule has 2 heterocycles. The summed E-state index contributed by atoms with van der Waals surface area (Å²) in [7, 11) is 0. The van der Waals surface area contributed by atoms with Crippen LogP contribution in [0.5, 0.6) is 0 Å². The third-order valence-corrected chi connectivity index (χ3v) is 2.08. The second-order valence-corrected chi connectivity index (χ2v) is 3.01. The molecule has 0 aliphatic heterocycles. The van der Waals surface area contributed by atoms with Gasteiger partial charge in [-0.1, -0.05) is 17.4 Å². The van der Waals surface area contributed by atoms with Crippen molar-refractivity contribution in [1.29, 1.82) is 0 Å². The molecule has 0 saturated carbocycles. The molecule has 0 radical (unpaired) electrons. The fourth-order valence-electron chi connectivity index (χ4n) is 0.863. The lowest BCUT2D eigenvalue weighted by Gasteiger charge is -1.91. The zero-order valence-corrected chi connectivity index (χ0v) is 6.84. The first-order valence-electron chi connectivity index (χ1n) is 3.32. The average molecular weight is 179 g/mol. The molecule has 0 aromatic carbocycles. The Kier molecular flexibility index (Phi) is 1.71. The largest absolute Gasteiger partial charge is 0.320 e. The maximum absolute atomic E-state index is 10.9. The average Bonchev–Trinajstić information content (AvgIpc) is 2.56. The Bertz CT molecular complexity index is 420. The molecule has 0 aliphatic rings. The van der Waals surface area contributed by atoms with E-state index in [4.69, 9.17) is 0 Å². The van der Waals surface area contributed by atoms with E-state index in [-0.39, 0.29) is 5.56 Å². The molecule has 2 aromatic rings. The molecule has 0 spiro atoms. The minimum atomic E-state index is -0.122. The Balaban J connectivity index is 2.55. The first kappa shape index (κ1) is 7.17. The molecule has 0 saturated heterocycles. The van der Waals surface area contributed by atoms with Crippen LogP contribution >= 0.6 is 11.3 Å². The van der Waals surface area contributed by atoms with Crippen LogP contribution in [0.15, 0.2) is 28.5 Å². The number of nitrogens with zero attached hydrogens (tertiary/aromatic N) is 2. The lowest BCUT2D eigenvalue weighted by Crippen LogP contribution is -2.03. The molecule has 0 bridgehead atoms. The number of aromatic nitrogens is 3. The van der Waals surface area contributed by atoms with Gasteiger partial charge in [-0.3, -0.25) is 4.79 Å². The van der Waals surface area contributed by atoms with Crippen molar-refractivity contribution in [2.45, 2.75) is 0 Å². The normalized spacial score (nSPS) is 10.0. The molecule has 0 fully saturated rings. The summed E-state index contributed by atoms with van der Waals surface area (Å²) in [6.45, 7) is 0. The smallest absolute Gasteiger partial charge is 0.248 e. The highest BCUT2D eigenvalue weighted by Gasteiger charge is 1.99. The van der Waals surface area contributed by atoms with Gasteiger partial charge in [0.1, 0.15) is 5.51 Å². The number of pyridine rings is 1. The molecule has 2 aromatic heterocycles. The molecule has 12 heavy (non-hydrogen) atoms. The Morgan fingerprint density at radius 3 is 3.00 bits per heavy atom. The Morgan fingerprint density at radius 1 is 1.42 bits per heavy atom. The summed E-state index contributed by atoms with van der Waals surface area (Å²) < 4.78 is 0. The zero-order chi connectivity index (χ0) is 8.39. The number of aromatic amines is 1. The van der Waals surface area contributed by atoms with Crippen LogP contribution in [0.2, 0.25) is 0 Å². The van der Waals surface area contributed by atoms with Crippen LogP contribution in [0.1, 0.15) is 0 Å². The zero-order valence-electron chi connectivity index (χ0n) is 6.02. The van der Waals surface area contributed by atoms with Crippen molar-refractivity contribution in [2.75, 3.05) is 0 Å². The van der Waals surface area contributed by atoms with Gasteiger partial charge in [0.05, 0.1) is 5.69 Å². The van der Waals surface area contributed by atoms with Crippen LogP contribution in [0, 0.1) is 0 Å². The van der Waals surface area contributed by atoms with Gasteiger partial charge in [0.2, 0.25) is 5.56 Å². The summed E-state index contributed by atoms with van der Waals surface area (Å²) in [5.74, 6) is 0. The molecule has 0 amide bonds. The van der Waals surface area contributed by atoms with Crippen molar-refractivity contribution in [3.8, 4) is 10.7 Å². The highest BCUT2D eigenvalue weighted by molar-refractivity contribution is 7.12. The maximum atomic E-state index is 10.9. The monoisotopic (exact) mass is 179 g/mol. The van der Waals surface area contributed by atoms with E-state index in [0.29, 0.717) is 5.69 Å². The number of H-pyrrole nitrogens is 1. The van der Waals surface area contributed by atoms with E-state index in [1.54, 1.807) is 17.6 Å². The molecule has 1 N–H and O–H groups in total. The topological polar surface area (TPSA) is 58.6 Å². The van der Waals surface area contributed by atoms with Gasteiger partial charge >= 0.3 is 0 Å². The first-order valence-corrected chi connectivity index (χ1v) is 4.20. The van der Waals surface area contributed by atoms with E-state index >= 15 is 0 Å². The minimum Gasteiger partial charge on any atom is -0.320 e. The second kappa shape index (κ2) is 2.86. The summed E-state index contributed by atoms with van der Waals surface area (Å²) in [6, 6.07) is 4.95. The third-order valence-electron chi connectivity index (χ3n) is 1.36. The Labute approximate surface area is 71.9 Å². The van der Waals surface area contributed by atoms with E-state index in [1.165, 1.54) is 17.4 Å². The molecule has 0 atom stereocenters. The van der Waals surface area contributed by atoms with Gasteiger partial charge in [0.15, 0.2) is 5.01 Å². The predicted octanol–water partition coefficient (Wildman–Crippen LogP) is 0.893. The molecule has 0 aliphatic carbocycles. The quantitative estimate of drug-likeness (QED) is 0.707. The lowest BCUT2D eigenvalue weighted by molar-refractivity contribution is 1.08.